The van der Waals surface area contributed by atoms with Crippen molar-refractivity contribution in [2.24, 2.45) is 5.73 Å². The van der Waals surface area contributed by atoms with Gasteiger partial charge in [0.15, 0.2) is 0 Å². The second-order valence-electron chi connectivity index (χ2n) is 5.83. The molecule has 0 unspecified atom stereocenters. The summed E-state index contributed by atoms with van der Waals surface area (Å²) in [6.07, 6.45) is 3.21. The lowest BCUT2D eigenvalue weighted by atomic mass is 10.1. The molecule has 4 heteroatoms. The summed E-state index contributed by atoms with van der Waals surface area (Å²) in [4.78, 5) is 4.58. The van der Waals surface area contributed by atoms with Gasteiger partial charge in [-0.3, -0.25) is 0 Å². The van der Waals surface area contributed by atoms with Gasteiger partial charge in [-0.25, -0.2) is 0 Å². The highest BCUT2D eigenvalue weighted by Crippen LogP contribution is 2.24. The molecule has 1 aliphatic rings. The SMILES string of the molecule is CN(C)CCCOc1cccc(N2CCC(N)CC2)c1. The highest BCUT2D eigenvalue weighted by Gasteiger charge is 2.16. The third-order valence-corrected chi connectivity index (χ3v) is 3.74. The van der Waals surface area contributed by atoms with Crippen LogP contribution in [0.25, 0.3) is 0 Å². The van der Waals surface area contributed by atoms with Crippen LogP contribution in [0.15, 0.2) is 24.3 Å². The zero-order chi connectivity index (χ0) is 14.4. The van der Waals surface area contributed by atoms with E-state index in [2.05, 4.69) is 42.1 Å². The molecule has 1 aromatic rings. The standard InChI is InChI=1S/C16H27N3O/c1-18(2)9-4-12-20-16-6-3-5-15(13-16)19-10-7-14(17)8-11-19/h3,5-6,13-14H,4,7-12,17H2,1-2H3. The number of nitrogens with zero attached hydrogens (tertiary/aromatic N) is 2. The van der Waals surface area contributed by atoms with Gasteiger partial charge in [0.05, 0.1) is 6.61 Å². The van der Waals surface area contributed by atoms with Gasteiger partial charge in [-0.1, -0.05) is 6.07 Å². The number of hydrogen-bond acceptors (Lipinski definition) is 4. The molecule has 1 aromatic carbocycles. The van der Waals surface area contributed by atoms with E-state index >= 15 is 0 Å². The summed E-state index contributed by atoms with van der Waals surface area (Å²) in [6.45, 7) is 3.92. The van der Waals surface area contributed by atoms with E-state index in [-0.39, 0.29) is 0 Å². The van der Waals surface area contributed by atoms with Gasteiger partial charge in [-0.2, -0.15) is 0 Å². The van der Waals surface area contributed by atoms with Crippen molar-refractivity contribution in [1.29, 1.82) is 0 Å². The molecule has 1 aliphatic heterocycles. The lowest BCUT2D eigenvalue weighted by Crippen LogP contribution is -2.39. The fourth-order valence-electron chi connectivity index (χ4n) is 2.50. The van der Waals surface area contributed by atoms with Crippen molar-refractivity contribution in [3.8, 4) is 5.75 Å². The maximum atomic E-state index is 5.96. The van der Waals surface area contributed by atoms with Crippen LogP contribution < -0.4 is 15.4 Å². The summed E-state index contributed by atoms with van der Waals surface area (Å²) in [5, 5.41) is 0. The Bertz CT molecular complexity index is 400. The van der Waals surface area contributed by atoms with Crippen molar-refractivity contribution in [2.75, 3.05) is 45.2 Å². The molecule has 0 atom stereocenters. The van der Waals surface area contributed by atoms with E-state index in [9.17, 15) is 0 Å². The van der Waals surface area contributed by atoms with Crippen molar-refractivity contribution in [1.82, 2.24) is 4.90 Å². The van der Waals surface area contributed by atoms with Crippen LogP contribution in [0.1, 0.15) is 19.3 Å². The topological polar surface area (TPSA) is 41.7 Å². The van der Waals surface area contributed by atoms with Crippen LogP contribution in [0.3, 0.4) is 0 Å². The first-order valence-corrected chi connectivity index (χ1v) is 7.53. The fraction of sp³-hybridized carbons (Fsp3) is 0.625. The molecule has 1 heterocycles. The lowest BCUT2D eigenvalue weighted by molar-refractivity contribution is 0.281. The first kappa shape index (κ1) is 15.1. The highest BCUT2D eigenvalue weighted by molar-refractivity contribution is 5.51. The smallest absolute Gasteiger partial charge is 0.121 e. The zero-order valence-electron chi connectivity index (χ0n) is 12.7. The quantitative estimate of drug-likeness (QED) is 0.807. The summed E-state index contributed by atoms with van der Waals surface area (Å²) in [5.74, 6) is 0.969. The van der Waals surface area contributed by atoms with Crippen LogP contribution in [0.2, 0.25) is 0 Å². The molecule has 0 bridgehead atoms. The molecule has 1 saturated heterocycles. The number of nitrogens with two attached hydrogens (primary N) is 1. The normalized spacial score (nSPS) is 16.7. The van der Waals surface area contributed by atoms with Gasteiger partial charge in [-0.15, -0.1) is 0 Å². The number of benzene rings is 1. The molecule has 2 rings (SSSR count). The summed E-state index contributed by atoms with van der Waals surface area (Å²) in [6, 6.07) is 8.78. The molecule has 0 spiro atoms. The number of rotatable bonds is 6. The first-order valence-electron chi connectivity index (χ1n) is 7.53. The molecule has 2 N–H and O–H groups in total. The number of anilines is 1. The monoisotopic (exact) mass is 277 g/mol. The van der Waals surface area contributed by atoms with E-state index in [0.29, 0.717) is 6.04 Å². The van der Waals surface area contributed by atoms with Crippen molar-refractivity contribution in [2.45, 2.75) is 25.3 Å². The molecular formula is C16H27N3O. The third-order valence-electron chi connectivity index (χ3n) is 3.74. The Morgan fingerprint density at radius 3 is 2.75 bits per heavy atom. The maximum Gasteiger partial charge on any atom is 0.121 e. The predicted octanol–water partition coefficient (Wildman–Crippen LogP) is 1.94. The summed E-state index contributed by atoms with van der Waals surface area (Å²) >= 11 is 0. The molecule has 0 saturated carbocycles. The van der Waals surface area contributed by atoms with Crippen molar-refractivity contribution in [3.05, 3.63) is 24.3 Å². The molecule has 0 aromatic heterocycles. The Morgan fingerprint density at radius 2 is 2.05 bits per heavy atom. The van der Waals surface area contributed by atoms with E-state index in [1.165, 1.54) is 5.69 Å². The van der Waals surface area contributed by atoms with E-state index in [1.54, 1.807) is 0 Å². The van der Waals surface area contributed by atoms with Crippen molar-refractivity contribution >= 4 is 5.69 Å². The number of piperidine rings is 1. The van der Waals surface area contributed by atoms with Crippen molar-refractivity contribution in [3.63, 3.8) is 0 Å². The number of ether oxygens (including phenoxy) is 1. The maximum absolute atomic E-state index is 5.96. The van der Waals surface area contributed by atoms with Gasteiger partial charge in [0, 0.05) is 37.4 Å². The van der Waals surface area contributed by atoms with Crippen molar-refractivity contribution < 1.29 is 4.74 Å². The molecule has 0 radical (unpaired) electrons. The van der Waals surface area contributed by atoms with E-state index < -0.39 is 0 Å². The average Bonchev–Trinajstić information content (AvgIpc) is 2.44. The predicted molar refractivity (Wildman–Crippen MR) is 84.5 cm³/mol. The fourth-order valence-corrected chi connectivity index (χ4v) is 2.50. The van der Waals surface area contributed by atoms with Gasteiger partial charge in [-0.05, 0) is 45.5 Å². The lowest BCUT2D eigenvalue weighted by Gasteiger charge is -2.32. The second kappa shape index (κ2) is 7.50. The Kier molecular flexibility index (Phi) is 5.68. The molecule has 0 aliphatic carbocycles. The molecular weight excluding hydrogens is 250 g/mol. The Balaban J connectivity index is 1.84. The largest absolute Gasteiger partial charge is 0.493 e. The molecule has 112 valence electrons. The van der Waals surface area contributed by atoms with E-state index in [4.69, 9.17) is 10.5 Å². The Morgan fingerprint density at radius 1 is 1.30 bits per heavy atom. The Labute approximate surface area is 122 Å². The molecule has 0 amide bonds. The minimum Gasteiger partial charge on any atom is -0.493 e. The third kappa shape index (κ3) is 4.69. The highest BCUT2D eigenvalue weighted by atomic mass is 16.5. The summed E-state index contributed by atoms with van der Waals surface area (Å²) in [5.41, 5.74) is 7.21. The van der Waals surface area contributed by atoms with E-state index in [1.807, 2.05) is 6.07 Å². The average molecular weight is 277 g/mol. The van der Waals surface area contributed by atoms with Gasteiger partial charge in [0.1, 0.15) is 5.75 Å². The van der Waals surface area contributed by atoms with Gasteiger partial charge in [0.25, 0.3) is 0 Å². The first-order chi connectivity index (χ1) is 9.65. The molecule has 1 fully saturated rings. The Hall–Kier alpha value is -1.26. The number of hydrogen-bond donors (Lipinski definition) is 1. The summed E-state index contributed by atoms with van der Waals surface area (Å²) < 4.78 is 5.83. The molecule has 20 heavy (non-hydrogen) atoms. The zero-order valence-corrected chi connectivity index (χ0v) is 12.7. The van der Waals surface area contributed by atoms with Crippen LogP contribution in [0, 0.1) is 0 Å². The van der Waals surface area contributed by atoms with Crippen LogP contribution in [-0.4, -0.2) is 51.3 Å². The minimum atomic E-state index is 0.372. The van der Waals surface area contributed by atoms with Crippen LogP contribution >= 0.6 is 0 Å². The van der Waals surface area contributed by atoms with E-state index in [0.717, 1.165) is 51.3 Å². The van der Waals surface area contributed by atoms with Crippen LogP contribution in [-0.2, 0) is 0 Å². The summed E-state index contributed by atoms with van der Waals surface area (Å²) in [7, 11) is 4.17. The molecule has 4 nitrogen and oxygen atoms in total. The van der Waals surface area contributed by atoms with Crippen LogP contribution in [0.5, 0.6) is 5.75 Å². The van der Waals surface area contributed by atoms with Gasteiger partial charge in [0.2, 0.25) is 0 Å². The van der Waals surface area contributed by atoms with Gasteiger partial charge >= 0.3 is 0 Å². The van der Waals surface area contributed by atoms with Crippen LogP contribution in [0.4, 0.5) is 5.69 Å². The second-order valence-corrected chi connectivity index (χ2v) is 5.83. The minimum absolute atomic E-state index is 0.372. The van der Waals surface area contributed by atoms with Gasteiger partial charge < -0.3 is 20.3 Å².